The fourth-order valence-corrected chi connectivity index (χ4v) is 4.10. The van der Waals surface area contributed by atoms with Gasteiger partial charge in [-0.2, -0.15) is 0 Å². The van der Waals surface area contributed by atoms with Gasteiger partial charge in [0.05, 0.1) is 5.69 Å². The van der Waals surface area contributed by atoms with Gasteiger partial charge in [-0.05, 0) is 53.8 Å². The van der Waals surface area contributed by atoms with Crippen LogP contribution < -0.4 is 0 Å². The maximum Gasteiger partial charge on any atom is 0.277 e. The minimum absolute atomic E-state index is 0.0980. The standard InChI is InChI=1S/C25H23N5O/c1-2-18-6-5-9-22(16-18)30-24(20-10-13-26-14-11-20)23(27-28-30)25(31)29-15-12-19-7-3-4-8-21(19)17-29/h3-11,13-14,16H,2,12,15,17H2,1H3. The van der Waals surface area contributed by atoms with Gasteiger partial charge in [-0.1, -0.05) is 48.5 Å². The van der Waals surface area contributed by atoms with Crippen LogP contribution in [0.4, 0.5) is 0 Å². The Labute approximate surface area is 181 Å². The van der Waals surface area contributed by atoms with Crippen LogP contribution in [0.15, 0.2) is 73.1 Å². The Hall–Kier alpha value is -3.80. The monoisotopic (exact) mass is 409 g/mol. The van der Waals surface area contributed by atoms with Crippen LogP contribution in [-0.2, 0) is 19.4 Å². The Kier molecular flexibility index (Phi) is 5.04. The van der Waals surface area contributed by atoms with Crippen molar-refractivity contribution in [2.75, 3.05) is 6.54 Å². The van der Waals surface area contributed by atoms with E-state index in [0.717, 1.165) is 24.1 Å². The van der Waals surface area contributed by atoms with E-state index < -0.39 is 0 Å². The van der Waals surface area contributed by atoms with Crippen molar-refractivity contribution < 1.29 is 4.79 Å². The van der Waals surface area contributed by atoms with Crippen LogP contribution in [0, 0.1) is 0 Å². The smallest absolute Gasteiger partial charge is 0.277 e. The first-order valence-electron chi connectivity index (χ1n) is 10.6. The van der Waals surface area contributed by atoms with Crippen LogP contribution in [0.1, 0.15) is 34.1 Å². The zero-order valence-corrected chi connectivity index (χ0v) is 17.4. The van der Waals surface area contributed by atoms with E-state index in [1.807, 2.05) is 41.3 Å². The van der Waals surface area contributed by atoms with Gasteiger partial charge >= 0.3 is 0 Å². The lowest BCUT2D eigenvalue weighted by atomic mass is 9.99. The van der Waals surface area contributed by atoms with Crippen LogP contribution in [0.2, 0.25) is 0 Å². The van der Waals surface area contributed by atoms with Crippen molar-refractivity contribution in [2.45, 2.75) is 26.3 Å². The Morgan fingerprint density at radius 1 is 1.00 bits per heavy atom. The second kappa shape index (κ2) is 8.14. The molecule has 6 nitrogen and oxygen atoms in total. The van der Waals surface area contributed by atoms with Gasteiger partial charge in [-0.25, -0.2) is 4.68 Å². The second-order valence-corrected chi connectivity index (χ2v) is 7.70. The van der Waals surface area contributed by atoms with Crippen molar-refractivity contribution in [1.29, 1.82) is 0 Å². The molecule has 0 N–H and O–H groups in total. The number of pyridine rings is 1. The second-order valence-electron chi connectivity index (χ2n) is 7.70. The van der Waals surface area contributed by atoms with E-state index in [1.165, 1.54) is 16.7 Å². The molecule has 0 aliphatic carbocycles. The maximum absolute atomic E-state index is 13.6. The van der Waals surface area contributed by atoms with Crippen molar-refractivity contribution in [2.24, 2.45) is 0 Å². The summed E-state index contributed by atoms with van der Waals surface area (Å²) >= 11 is 0. The van der Waals surface area contributed by atoms with Gasteiger partial charge in [0, 0.05) is 31.0 Å². The molecular weight excluding hydrogens is 386 g/mol. The molecule has 4 aromatic rings. The topological polar surface area (TPSA) is 63.9 Å². The average molecular weight is 409 g/mol. The van der Waals surface area contributed by atoms with E-state index in [0.29, 0.717) is 24.5 Å². The molecular formula is C25H23N5O. The number of amides is 1. The zero-order chi connectivity index (χ0) is 21.2. The van der Waals surface area contributed by atoms with Gasteiger partial charge in [-0.15, -0.1) is 5.10 Å². The van der Waals surface area contributed by atoms with E-state index in [2.05, 4.69) is 46.5 Å². The largest absolute Gasteiger partial charge is 0.333 e. The molecule has 0 spiro atoms. The highest BCUT2D eigenvalue weighted by atomic mass is 16.2. The third kappa shape index (κ3) is 3.61. The van der Waals surface area contributed by atoms with Crippen molar-refractivity contribution in [1.82, 2.24) is 24.9 Å². The number of aryl methyl sites for hydroxylation is 1. The molecule has 0 unspecified atom stereocenters. The number of benzene rings is 2. The summed E-state index contributed by atoms with van der Waals surface area (Å²) in [6, 6.07) is 20.2. The molecule has 3 heterocycles. The molecule has 2 aromatic carbocycles. The highest BCUT2D eigenvalue weighted by Crippen LogP contribution is 2.28. The number of nitrogens with zero attached hydrogens (tertiary/aromatic N) is 5. The van der Waals surface area contributed by atoms with Gasteiger partial charge in [0.1, 0.15) is 5.69 Å². The van der Waals surface area contributed by atoms with E-state index in [1.54, 1.807) is 17.1 Å². The first-order chi connectivity index (χ1) is 15.2. The Bertz CT molecular complexity index is 1230. The Balaban J connectivity index is 1.58. The SMILES string of the molecule is CCc1cccc(-n2nnc(C(=O)N3CCc4ccccc4C3)c2-c2ccncc2)c1. The number of carbonyl (C=O) groups is 1. The molecule has 0 radical (unpaired) electrons. The summed E-state index contributed by atoms with van der Waals surface area (Å²) in [5.41, 5.74) is 6.52. The summed E-state index contributed by atoms with van der Waals surface area (Å²) in [5.74, 6) is -0.0980. The molecule has 0 atom stereocenters. The van der Waals surface area contributed by atoms with Gasteiger partial charge < -0.3 is 4.90 Å². The molecule has 31 heavy (non-hydrogen) atoms. The molecule has 0 bridgehead atoms. The van der Waals surface area contributed by atoms with E-state index >= 15 is 0 Å². The molecule has 1 aliphatic heterocycles. The predicted octanol–water partition coefficient (Wildman–Crippen LogP) is 4.09. The zero-order valence-electron chi connectivity index (χ0n) is 17.4. The van der Waals surface area contributed by atoms with Crippen molar-refractivity contribution in [3.05, 3.63) is 95.4 Å². The molecule has 1 amide bonds. The number of aromatic nitrogens is 4. The molecule has 154 valence electrons. The molecule has 5 rings (SSSR count). The first kappa shape index (κ1) is 19.2. The van der Waals surface area contributed by atoms with Crippen LogP contribution in [0.25, 0.3) is 16.9 Å². The number of carbonyl (C=O) groups excluding carboxylic acids is 1. The third-order valence-corrected chi connectivity index (χ3v) is 5.81. The molecule has 6 heteroatoms. The minimum atomic E-state index is -0.0980. The van der Waals surface area contributed by atoms with Crippen LogP contribution >= 0.6 is 0 Å². The maximum atomic E-state index is 13.6. The summed E-state index contributed by atoms with van der Waals surface area (Å²) in [7, 11) is 0. The Morgan fingerprint density at radius 2 is 1.81 bits per heavy atom. The van der Waals surface area contributed by atoms with Gasteiger partial charge in [0.15, 0.2) is 5.69 Å². The summed E-state index contributed by atoms with van der Waals surface area (Å²) < 4.78 is 1.76. The normalized spacial score (nSPS) is 13.1. The number of fused-ring (bicyclic) bond motifs is 1. The molecule has 0 saturated carbocycles. The number of rotatable bonds is 4. The van der Waals surface area contributed by atoms with Crippen molar-refractivity contribution in [3.8, 4) is 16.9 Å². The number of hydrogen-bond acceptors (Lipinski definition) is 4. The number of hydrogen-bond donors (Lipinski definition) is 0. The average Bonchev–Trinajstić information content (AvgIpc) is 3.29. The lowest BCUT2D eigenvalue weighted by Crippen LogP contribution is -2.36. The summed E-state index contributed by atoms with van der Waals surface area (Å²) in [6.45, 7) is 3.38. The van der Waals surface area contributed by atoms with Crippen molar-refractivity contribution in [3.63, 3.8) is 0 Å². The van der Waals surface area contributed by atoms with E-state index in [4.69, 9.17) is 0 Å². The summed E-state index contributed by atoms with van der Waals surface area (Å²) in [5, 5.41) is 8.75. The molecule has 0 saturated heterocycles. The van der Waals surface area contributed by atoms with Gasteiger partial charge in [0.25, 0.3) is 5.91 Å². The minimum Gasteiger partial charge on any atom is -0.333 e. The first-order valence-corrected chi connectivity index (χ1v) is 10.6. The lowest BCUT2D eigenvalue weighted by Gasteiger charge is -2.28. The fraction of sp³-hybridized carbons (Fsp3) is 0.200. The van der Waals surface area contributed by atoms with Crippen LogP contribution in [0.5, 0.6) is 0 Å². The third-order valence-electron chi connectivity index (χ3n) is 5.81. The van der Waals surface area contributed by atoms with E-state index in [9.17, 15) is 4.79 Å². The highest BCUT2D eigenvalue weighted by molar-refractivity contribution is 5.98. The quantitative estimate of drug-likeness (QED) is 0.509. The summed E-state index contributed by atoms with van der Waals surface area (Å²) in [6.07, 6.45) is 5.21. The predicted molar refractivity (Wildman–Crippen MR) is 119 cm³/mol. The Morgan fingerprint density at radius 3 is 2.61 bits per heavy atom. The molecule has 0 fully saturated rings. The van der Waals surface area contributed by atoms with Crippen LogP contribution in [-0.4, -0.2) is 37.3 Å². The van der Waals surface area contributed by atoms with E-state index in [-0.39, 0.29) is 5.91 Å². The summed E-state index contributed by atoms with van der Waals surface area (Å²) in [4.78, 5) is 19.6. The van der Waals surface area contributed by atoms with Gasteiger partial charge in [-0.3, -0.25) is 9.78 Å². The highest BCUT2D eigenvalue weighted by Gasteiger charge is 2.28. The molecule has 1 aliphatic rings. The fourth-order valence-electron chi connectivity index (χ4n) is 4.10. The van der Waals surface area contributed by atoms with Crippen molar-refractivity contribution >= 4 is 5.91 Å². The van der Waals surface area contributed by atoms with Gasteiger partial charge in [0.2, 0.25) is 0 Å². The molecule has 2 aromatic heterocycles. The lowest BCUT2D eigenvalue weighted by molar-refractivity contribution is 0.0729. The van der Waals surface area contributed by atoms with Crippen LogP contribution in [0.3, 0.4) is 0 Å².